The molecule has 0 spiro atoms. The summed E-state index contributed by atoms with van der Waals surface area (Å²) in [5, 5.41) is 85.6. The lowest BCUT2D eigenvalue weighted by molar-refractivity contribution is -0.235. The molecule has 2 heterocycles. The molecular weight excluding hydrogens is 1780 g/mol. The highest BCUT2D eigenvalue weighted by atomic mass is 19.2. The molecule has 9 saturated carbocycles. The number of rotatable bonds is 18. The standard InChI is InChI=1S/2C35H37F2NO7.C21H26F2O6.C15H14O2.CH4/c2*1-32-11-10-22(40)13-26(32)27(36)14-25-24-15-30-35(29(42)17-39,33(24,2)16-28(41)34(25,32)37)45-31(44-30)20-6-8-23(9-7-20)43-18-19-4-3-5-21(38)12-19;1-18-4-3-10(25)5-13(18)14(22)6-12-11-7-15(26)21(29,17(28)9-24)19(11,2)8-16(27)20(12,18)23;1-12-3-2-4-14(9-12)11-17-15-7-5-13(10-16)6-8-15;/h2*3-13,24-25,27-28,30-31,39,41H,14-18,38H2,1-2H3;3-5,11-12,14-16,24,26-27,29H,6-9H2,1-2H3;2-10H,11H2,1H3;1H4/t24-,25-,27-,28-,30+,31+,32-,33-,34-,35+;24-,25-,27-,28-,30+,31-,32-,33-,34-,35+;11-,12-,14-,15+,16-,18-,19-,20-,21-;;/m000../s1. The van der Waals surface area contributed by atoms with Crippen LogP contribution in [0.25, 0.3) is 0 Å². The number of carbonyl (C=O) groups excluding carboxylic acids is 7. The highest BCUT2D eigenvalue weighted by molar-refractivity contribution is 6.03. The van der Waals surface area contributed by atoms with E-state index in [1.165, 1.54) is 63.6 Å². The Morgan fingerprint density at radius 2 is 0.766 bits per heavy atom. The molecule has 2 saturated heterocycles. The first-order valence-electron chi connectivity index (χ1n) is 46.2. The first-order valence-corrected chi connectivity index (χ1v) is 46.2. The molecule has 2 aliphatic heterocycles. The van der Waals surface area contributed by atoms with E-state index in [0.717, 1.165) is 53.0 Å². The maximum atomic E-state index is 17.5. The van der Waals surface area contributed by atoms with E-state index in [2.05, 4.69) is 19.1 Å². The number of aliphatic hydroxyl groups excluding tert-OH is 7. The molecule has 0 amide bonds. The minimum Gasteiger partial charge on any atom is -0.489 e. The summed E-state index contributed by atoms with van der Waals surface area (Å²) in [6, 6.07) is 44.2. The fourth-order valence-electron chi connectivity index (χ4n) is 27.0. The van der Waals surface area contributed by atoms with Crippen LogP contribution >= 0.6 is 0 Å². The number of nitrogen functional groups attached to an aromatic ring is 2. The zero-order chi connectivity index (χ0) is 97.5. The highest BCUT2D eigenvalue weighted by Gasteiger charge is 2.83. The molecule has 24 nitrogen and oxygen atoms in total. The van der Waals surface area contributed by atoms with Crippen LogP contribution < -0.4 is 25.7 Å². The molecule has 30 heteroatoms. The normalized spacial score (nSPS) is 39.8. The van der Waals surface area contributed by atoms with Crippen LogP contribution in [0.1, 0.15) is 163 Å². The van der Waals surface area contributed by atoms with Gasteiger partial charge in [0.25, 0.3) is 0 Å². The molecule has 0 aromatic heterocycles. The quantitative estimate of drug-likeness (QED) is 0.0217. The zero-order valence-corrected chi connectivity index (χ0v) is 76.3. The van der Waals surface area contributed by atoms with Gasteiger partial charge in [0.2, 0.25) is 0 Å². The number of carbonyl (C=O) groups is 7. The van der Waals surface area contributed by atoms with E-state index in [9.17, 15) is 74.4 Å². The molecule has 0 bridgehead atoms. The van der Waals surface area contributed by atoms with Gasteiger partial charge >= 0.3 is 0 Å². The average molecular weight is 1900 g/mol. The number of alkyl halides is 6. The van der Waals surface area contributed by atoms with Gasteiger partial charge in [-0.15, -0.1) is 0 Å². The smallest absolute Gasteiger partial charge is 0.193 e. The van der Waals surface area contributed by atoms with Crippen LogP contribution in [0.15, 0.2) is 217 Å². The van der Waals surface area contributed by atoms with Crippen molar-refractivity contribution in [2.45, 2.75) is 235 Å². The number of nitrogens with two attached hydrogens (primary N) is 2. The molecule has 12 aliphatic carbocycles. The van der Waals surface area contributed by atoms with E-state index < -0.39 is 224 Å². The Hall–Kier alpha value is -10.5. The molecule has 6 aromatic carbocycles. The summed E-state index contributed by atoms with van der Waals surface area (Å²) in [5.74, 6) is -6.71. The van der Waals surface area contributed by atoms with Crippen molar-refractivity contribution in [3.63, 3.8) is 0 Å². The van der Waals surface area contributed by atoms with Gasteiger partial charge in [0.05, 0.1) is 36.6 Å². The summed E-state index contributed by atoms with van der Waals surface area (Å²) in [6.45, 7) is 10.0. The van der Waals surface area contributed by atoms with E-state index in [0.29, 0.717) is 59.4 Å². The number of fused-ring (bicyclic) bond motifs is 19. The SMILES string of the molecule is C.C[C@]12C=CC(=O)C=C1[C@@H](F)C[C@H]1[C@@H]3C[C@@H](O)[C@](O)(C(=O)CO)[C@@]3(C)C[C@H](O)[C@@]12F.C[C@]12C=CC(=O)C=C1[C@@H](F)C[C@H]1[C@@H]3C[C@H]4O[C@@H](c5ccc(OCc6cccc(N)c6)cc5)O[C@@]4(C(=O)CO)[C@@]3(C)C[C@H](O)[C@@]12F.C[C@]12C=CC(=O)C=C1[C@@H](F)C[C@H]1[C@@H]3C[C@H]4O[C@H](c5ccc(OCc6cccc(N)c6)cc5)O[C@@]4(C(=O)CO)[C@@]3(C)C[C@H](O)[C@@]12F.Cc1cccc(COc2ccc(C=O)cc2)c1. The van der Waals surface area contributed by atoms with Crippen LogP contribution in [0.2, 0.25) is 0 Å². The molecular formula is C107H118F6N2O22. The van der Waals surface area contributed by atoms with Gasteiger partial charge < -0.3 is 85.5 Å². The fourth-order valence-corrected chi connectivity index (χ4v) is 27.0. The van der Waals surface area contributed by atoms with Gasteiger partial charge in [-0.25, -0.2) is 26.3 Å². The van der Waals surface area contributed by atoms with Gasteiger partial charge in [-0.1, -0.05) is 125 Å². The fraction of sp³-hybridized carbons (Fsp3) is 0.486. The molecule has 14 aliphatic rings. The van der Waals surface area contributed by atoms with Gasteiger partial charge in [0, 0.05) is 78.3 Å². The Labute approximate surface area is 789 Å². The highest BCUT2D eigenvalue weighted by Crippen LogP contribution is 2.76. The number of aliphatic hydroxyl groups is 8. The molecule has 0 radical (unpaired) electrons. The van der Waals surface area contributed by atoms with Crippen molar-refractivity contribution in [3.8, 4) is 17.2 Å². The van der Waals surface area contributed by atoms with Crippen LogP contribution in [0.3, 0.4) is 0 Å². The molecule has 11 fully saturated rings. The number of ether oxygens (including phenoxy) is 7. The molecule has 6 aromatic rings. The summed E-state index contributed by atoms with van der Waals surface area (Å²) < 4.78 is 142. The lowest BCUT2D eigenvalue weighted by Gasteiger charge is -2.63. The topological polar surface area (TPSA) is 398 Å². The number of hydrogen-bond donors (Lipinski definition) is 10. The number of halogens is 6. The van der Waals surface area contributed by atoms with Crippen LogP contribution in [-0.4, -0.2) is 191 Å². The number of aldehydes is 1. The number of benzene rings is 6. The molecule has 12 N–H and O–H groups in total. The van der Waals surface area contributed by atoms with Gasteiger partial charge in [0.1, 0.15) is 81.7 Å². The Bertz CT molecular complexity index is 5680. The lowest BCUT2D eigenvalue weighted by atomic mass is 9.44. The lowest BCUT2D eigenvalue weighted by Crippen LogP contribution is -2.70. The summed E-state index contributed by atoms with van der Waals surface area (Å²) in [4.78, 5) is 86.3. The van der Waals surface area contributed by atoms with Crippen LogP contribution in [0.5, 0.6) is 17.2 Å². The van der Waals surface area contributed by atoms with Crippen LogP contribution in [0, 0.1) is 74.9 Å². The first-order chi connectivity index (χ1) is 64.4. The molecule has 0 unspecified atom stereocenters. The van der Waals surface area contributed by atoms with Crippen LogP contribution in [0.4, 0.5) is 37.7 Å². The second-order valence-electron chi connectivity index (χ2n) is 40.6. The maximum Gasteiger partial charge on any atom is 0.193 e. The van der Waals surface area contributed by atoms with Crippen molar-refractivity contribution in [1.82, 2.24) is 0 Å². The number of Topliss-reactive ketones (excluding diaryl/α,β-unsaturated/α-hetero) is 3. The minimum absolute atomic E-state index is 0. The Morgan fingerprint density at radius 1 is 0.438 bits per heavy atom. The number of aryl methyl sites for hydroxylation is 1. The van der Waals surface area contributed by atoms with Gasteiger partial charge in [-0.2, -0.15) is 0 Å². The molecule has 29 atom stereocenters. The maximum absolute atomic E-state index is 17.5. The zero-order valence-electron chi connectivity index (χ0n) is 76.3. The predicted molar refractivity (Wildman–Crippen MR) is 489 cm³/mol. The van der Waals surface area contributed by atoms with Gasteiger partial charge in [-0.05, 0) is 246 Å². The van der Waals surface area contributed by atoms with E-state index >= 15 is 26.3 Å². The molecule has 20 rings (SSSR count). The largest absolute Gasteiger partial charge is 0.489 e. The van der Waals surface area contributed by atoms with E-state index in [4.69, 9.17) is 44.6 Å². The third-order valence-electron chi connectivity index (χ3n) is 33.8. The van der Waals surface area contributed by atoms with Gasteiger partial charge in [0.15, 0.2) is 81.1 Å². The monoisotopic (exact) mass is 1900 g/mol. The minimum atomic E-state index is -2.37. The van der Waals surface area contributed by atoms with E-state index in [-0.39, 0.29) is 81.9 Å². The van der Waals surface area contributed by atoms with E-state index in [1.54, 1.807) is 98.8 Å². The predicted octanol–water partition coefficient (Wildman–Crippen LogP) is 13.6. The third-order valence-corrected chi connectivity index (χ3v) is 33.8. The molecule has 137 heavy (non-hydrogen) atoms. The molecule has 730 valence electrons. The van der Waals surface area contributed by atoms with Crippen molar-refractivity contribution in [2.24, 2.45) is 68.0 Å². The number of allylic oxidation sites excluding steroid dienone is 12. The second kappa shape index (κ2) is 36.3. The summed E-state index contributed by atoms with van der Waals surface area (Å²) in [7, 11) is 0. The van der Waals surface area contributed by atoms with Crippen molar-refractivity contribution >= 4 is 52.4 Å². The summed E-state index contributed by atoms with van der Waals surface area (Å²) in [6.07, 6.45) is -4.50. The summed E-state index contributed by atoms with van der Waals surface area (Å²) in [5.41, 5.74) is -2.06. The average Bonchev–Trinajstić information content (AvgIpc) is 1.54. The second-order valence-corrected chi connectivity index (χ2v) is 40.6. The van der Waals surface area contributed by atoms with Gasteiger partial charge in [-0.3, -0.25) is 33.6 Å². The Balaban J connectivity index is 0.000000139. The number of anilines is 2. The van der Waals surface area contributed by atoms with Crippen LogP contribution in [-0.2, 0) is 67.5 Å². The number of ketones is 6. The Morgan fingerprint density at radius 3 is 1.10 bits per heavy atom. The van der Waals surface area contributed by atoms with Crippen molar-refractivity contribution in [2.75, 3.05) is 31.3 Å². The summed E-state index contributed by atoms with van der Waals surface area (Å²) >= 11 is 0. The third kappa shape index (κ3) is 15.3. The van der Waals surface area contributed by atoms with E-state index in [1.807, 2.05) is 48.5 Å². The van der Waals surface area contributed by atoms with Crippen molar-refractivity contribution in [3.05, 3.63) is 256 Å². The van der Waals surface area contributed by atoms with Crippen molar-refractivity contribution in [1.29, 1.82) is 0 Å². The number of hydrogen-bond acceptors (Lipinski definition) is 24. The van der Waals surface area contributed by atoms with Crippen molar-refractivity contribution < 1.29 is 134 Å². The Kier molecular flexibility index (Phi) is 26.4. The first kappa shape index (κ1) is 99.6.